The van der Waals surface area contributed by atoms with E-state index in [-0.39, 0.29) is 24.8 Å². The molecule has 0 aliphatic heterocycles. The van der Waals surface area contributed by atoms with E-state index in [9.17, 15) is 13.2 Å². The van der Waals surface area contributed by atoms with Crippen LogP contribution in [0.15, 0.2) is 18.3 Å². The molecule has 0 aliphatic rings. The summed E-state index contributed by atoms with van der Waals surface area (Å²) in [7, 11) is -3.38. The highest BCUT2D eigenvalue weighted by Gasteiger charge is 2.10. The molecule has 1 heterocycles. The topological polar surface area (TPSA) is 118 Å². The Bertz CT molecular complexity index is 545. The summed E-state index contributed by atoms with van der Waals surface area (Å²) in [6.07, 6.45) is 1.88. The first-order valence-corrected chi connectivity index (χ1v) is 8.15. The van der Waals surface area contributed by atoms with Crippen molar-refractivity contribution in [2.75, 3.05) is 23.6 Å². The minimum Gasteiger partial charge on any atom is -0.395 e. The number of rotatable bonds is 8. The maximum Gasteiger partial charge on any atom is 0.414 e. The second kappa shape index (κ2) is 8.42. The standard InChI is InChI=1S/C12H19N3O5S/c1-2-3-8-21(18,19)15-10-4-5-11(14-9-10)20-12(17)13-6-7-16/h4-5,9,15-16H,2-3,6-8H2,1H3,(H,13,17). The summed E-state index contributed by atoms with van der Waals surface area (Å²) in [6.45, 7) is 1.79. The van der Waals surface area contributed by atoms with Crippen LogP contribution in [-0.2, 0) is 10.0 Å². The Morgan fingerprint density at radius 2 is 2.19 bits per heavy atom. The molecule has 9 heteroatoms. The van der Waals surface area contributed by atoms with Crippen LogP contribution < -0.4 is 14.8 Å². The lowest BCUT2D eigenvalue weighted by molar-refractivity contribution is 0.194. The third-order valence-corrected chi connectivity index (χ3v) is 3.73. The highest BCUT2D eigenvalue weighted by molar-refractivity contribution is 7.92. The average molecular weight is 317 g/mol. The van der Waals surface area contributed by atoms with Crippen LogP contribution in [0.25, 0.3) is 0 Å². The number of unbranched alkanes of at least 4 members (excludes halogenated alkanes) is 1. The Hall–Kier alpha value is -1.87. The zero-order valence-corrected chi connectivity index (χ0v) is 12.5. The number of sulfonamides is 1. The van der Waals surface area contributed by atoms with Crippen LogP contribution in [0.2, 0.25) is 0 Å². The number of nitrogens with zero attached hydrogens (tertiary/aromatic N) is 1. The van der Waals surface area contributed by atoms with Crippen LogP contribution in [0.5, 0.6) is 5.88 Å². The smallest absolute Gasteiger partial charge is 0.395 e. The fraction of sp³-hybridized carbons (Fsp3) is 0.500. The molecule has 1 aromatic heterocycles. The number of aliphatic hydroxyl groups excluding tert-OH is 1. The molecule has 0 atom stereocenters. The predicted octanol–water partition coefficient (Wildman–Crippen LogP) is 0.704. The summed E-state index contributed by atoms with van der Waals surface area (Å²) in [5, 5.41) is 10.8. The number of carbonyl (C=O) groups excluding carboxylic acids is 1. The van der Waals surface area contributed by atoms with E-state index in [1.807, 2.05) is 6.92 Å². The normalized spacial score (nSPS) is 11.0. The minimum absolute atomic E-state index is 0.0296. The van der Waals surface area contributed by atoms with Gasteiger partial charge in [-0.15, -0.1) is 0 Å². The number of aromatic nitrogens is 1. The van der Waals surface area contributed by atoms with Crippen molar-refractivity contribution in [1.82, 2.24) is 10.3 Å². The van der Waals surface area contributed by atoms with Crippen molar-refractivity contribution in [3.8, 4) is 5.88 Å². The van der Waals surface area contributed by atoms with Gasteiger partial charge in [-0.1, -0.05) is 13.3 Å². The first-order chi connectivity index (χ1) is 9.96. The number of carbonyl (C=O) groups is 1. The molecule has 8 nitrogen and oxygen atoms in total. The van der Waals surface area contributed by atoms with E-state index in [4.69, 9.17) is 9.84 Å². The third-order valence-electron chi connectivity index (χ3n) is 2.35. The molecule has 0 aromatic carbocycles. The molecular weight excluding hydrogens is 298 g/mol. The summed E-state index contributed by atoms with van der Waals surface area (Å²) in [4.78, 5) is 15.0. The van der Waals surface area contributed by atoms with E-state index in [0.717, 1.165) is 6.42 Å². The largest absolute Gasteiger partial charge is 0.414 e. The summed E-state index contributed by atoms with van der Waals surface area (Å²) in [6, 6.07) is 2.82. The predicted molar refractivity (Wildman–Crippen MR) is 77.7 cm³/mol. The van der Waals surface area contributed by atoms with Gasteiger partial charge in [-0.05, 0) is 12.5 Å². The van der Waals surface area contributed by atoms with E-state index < -0.39 is 16.1 Å². The molecule has 1 amide bonds. The van der Waals surface area contributed by atoms with Crippen molar-refractivity contribution >= 4 is 21.8 Å². The van der Waals surface area contributed by atoms with Gasteiger partial charge in [0.05, 0.1) is 24.2 Å². The number of aliphatic hydroxyl groups is 1. The number of pyridine rings is 1. The van der Waals surface area contributed by atoms with Gasteiger partial charge >= 0.3 is 6.09 Å². The Kier molecular flexibility index (Phi) is 6.89. The maximum atomic E-state index is 11.7. The van der Waals surface area contributed by atoms with E-state index in [0.29, 0.717) is 12.1 Å². The fourth-order valence-corrected chi connectivity index (χ4v) is 2.61. The van der Waals surface area contributed by atoms with Gasteiger partial charge in [-0.2, -0.15) is 0 Å². The maximum absolute atomic E-state index is 11.7. The summed E-state index contributed by atoms with van der Waals surface area (Å²) < 4.78 is 30.6. The molecule has 118 valence electrons. The van der Waals surface area contributed by atoms with E-state index in [1.165, 1.54) is 18.3 Å². The molecule has 0 spiro atoms. The van der Waals surface area contributed by atoms with Gasteiger partial charge in [0.25, 0.3) is 0 Å². The summed E-state index contributed by atoms with van der Waals surface area (Å²) in [5.41, 5.74) is 0.300. The first-order valence-electron chi connectivity index (χ1n) is 6.50. The van der Waals surface area contributed by atoms with Gasteiger partial charge in [0.15, 0.2) is 0 Å². The Morgan fingerprint density at radius 1 is 1.43 bits per heavy atom. The highest BCUT2D eigenvalue weighted by atomic mass is 32.2. The average Bonchev–Trinajstić information content (AvgIpc) is 2.45. The molecule has 21 heavy (non-hydrogen) atoms. The number of amides is 1. The Balaban J connectivity index is 2.56. The summed E-state index contributed by atoms with van der Waals surface area (Å²) >= 11 is 0. The molecule has 1 rings (SSSR count). The zero-order valence-electron chi connectivity index (χ0n) is 11.7. The van der Waals surface area contributed by atoms with Crippen molar-refractivity contribution in [3.63, 3.8) is 0 Å². The van der Waals surface area contributed by atoms with Gasteiger partial charge in [0.1, 0.15) is 0 Å². The number of ether oxygens (including phenoxy) is 1. The van der Waals surface area contributed by atoms with Crippen LogP contribution in [0.1, 0.15) is 19.8 Å². The molecule has 0 unspecified atom stereocenters. The molecule has 0 bridgehead atoms. The Morgan fingerprint density at radius 3 is 2.76 bits per heavy atom. The molecule has 3 N–H and O–H groups in total. The van der Waals surface area contributed by atoms with Gasteiger partial charge in [0.2, 0.25) is 15.9 Å². The van der Waals surface area contributed by atoms with E-state index in [1.54, 1.807) is 0 Å². The minimum atomic E-state index is -3.38. The number of hydrogen-bond acceptors (Lipinski definition) is 6. The lowest BCUT2D eigenvalue weighted by Crippen LogP contribution is -2.29. The van der Waals surface area contributed by atoms with Crippen LogP contribution in [0, 0.1) is 0 Å². The lowest BCUT2D eigenvalue weighted by atomic mass is 10.4. The van der Waals surface area contributed by atoms with Gasteiger partial charge < -0.3 is 15.2 Å². The quantitative estimate of drug-likeness (QED) is 0.650. The van der Waals surface area contributed by atoms with Crippen LogP contribution in [-0.4, -0.2) is 43.5 Å². The molecule has 0 saturated heterocycles. The fourth-order valence-electron chi connectivity index (χ4n) is 1.36. The molecule has 1 aromatic rings. The molecular formula is C12H19N3O5S. The lowest BCUT2D eigenvalue weighted by Gasteiger charge is -2.08. The van der Waals surface area contributed by atoms with Crippen LogP contribution in [0.3, 0.4) is 0 Å². The number of nitrogens with one attached hydrogen (secondary N) is 2. The zero-order chi connectivity index (χ0) is 15.7. The van der Waals surface area contributed by atoms with Crippen molar-refractivity contribution in [3.05, 3.63) is 18.3 Å². The van der Waals surface area contributed by atoms with Gasteiger partial charge in [-0.3, -0.25) is 4.72 Å². The second-order valence-corrected chi connectivity index (χ2v) is 6.04. The molecule has 0 saturated carbocycles. The molecule has 0 fully saturated rings. The number of hydrogen-bond donors (Lipinski definition) is 3. The highest BCUT2D eigenvalue weighted by Crippen LogP contribution is 2.13. The van der Waals surface area contributed by atoms with Gasteiger partial charge in [-0.25, -0.2) is 18.2 Å². The van der Waals surface area contributed by atoms with Crippen molar-refractivity contribution < 1.29 is 23.1 Å². The third kappa shape index (κ3) is 6.91. The van der Waals surface area contributed by atoms with Crippen molar-refractivity contribution in [2.24, 2.45) is 0 Å². The van der Waals surface area contributed by atoms with Crippen molar-refractivity contribution in [2.45, 2.75) is 19.8 Å². The van der Waals surface area contributed by atoms with Crippen molar-refractivity contribution in [1.29, 1.82) is 0 Å². The van der Waals surface area contributed by atoms with E-state index >= 15 is 0 Å². The number of anilines is 1. The first kappa shape index (κ1) is 17.2. The van der Waals surface area contributed by atoms with E-state index in [2.05, 4.69) is 15.0 Å². The van der Waals surface area contributed by atoms with Crippen LogP contribution in [0.4, 0.5) is 10.5 Å². The summed E-state index contributed by atoms with van der Waals surface area (Å²) in [5.74, 6) is 0.0765. The molecule has 0 radical (unpaired) electrons. The SMILES string of the molecule is CCCCS(=O)(=O)Nc1ccc(OC(=O)NCCO)nc1. The molecule has 0 aliphatic carbocycles. The Labute approximate surface area is 123 Å². The second-order valence-electron chi connectivity index (χ2n) is 4.20. The van der Waals surface area contributed by atoms with Crippen LogP contribution >= 0.6 is 0 Å². The monoisotopic (exact) mass is 317 g/mol. The van der Waals surface area contributed by atoms with Gasteiger partial charge in [0, 0.05) is 12.6 Å².